The van der Waals surface area contributed by atoms with Crippen molar-refractivity contribution in [2.24, 2.45) is 0 Å². The molecule has 0 bridgehead atoms. The third kappa shape index (κ3) is 5.65. The van der Waals surface area contributed by atoms with Crippen LogP contribution in [0.5, 0.6) is 0 Å². The molecule has 11 aromatic carbocycles. The fourth-order valence-corrected chi connectivity index (χ4v) is 9.32. The Bertz CT molecular complexity index is 3600. The molecule has 12 aromatic rings. The number of furan rings is 1. The lowest BCUT2D eigenvalue weighted by Gasteiger charge is -2.27. The number of hydrogen-bond donors (Lipinski definition) is 0. The summed E-state index contributed by atoms with van der Waals surface area (Å²) in [5.41, 5.74) is 12.3. The van der Waals surface area contributed by atoms with Crippen molar-refractivity contribution in [3.63, 3.8) is 0 Å². The zero-order valence-corrected chi connectivity index (χ0v) is 32.7. The van der Waals surface area contributed by atoms with Crippen LogP contribution in [0.25, 0.3) is 98.4 Å². The van der Waals surface area contributed by atoms with E-state index in [0.29, 0.717) is 0 Å². The van der Waals surface area contributed by atoms with Crippen molar-refractivity contribution in [2.45, 2.75) is 0 Å². The van der Waals surface area contributed by atoms with Gasteiger partial charge in [-0.25, -0.2) is 0 Å². The van der Waals surface area contributed by atoms with E-state index in [4.69, 9.17) is 4.42 Å². The Morgan fingerprint density at radius 2 is 0.817 bits per heavy atom. The van der Waals surface area contributed by atoms with Gasteiger partial charge in [0.25, 0.3) is 0 Å². The van der Waals surface area contributed by atoms with Crippen LogP contribution in [0.2, 0.25) is 0 Å². The molecule has 0 aliphatic heterocycles. The van der Waals surface area contributed by atoms with Crippen LogP contribution >= 0.6 is 0 Å². The van der Waals surface area contributed by atoms with Gasteiger partial charge in [0.1, 0.15) is 11.2 Å². The highest BCUT2D eigenvalue weighted by atomic mass is 16.3. The third-order valence-electron chi connectivity index (χ3n) is 12.2. The Morgan fingerprint density at radius 3 is 1.63 bits per heavy atom. The summed E-state index contributed by atoms with van der Waals surface area (Å²) in [7, 11) is 0. The molecule has 0 aliphatic rings. The van der Waals surface area contributed by atoms with Gasteiger partial charge in [-0.3, -0.25) is 0 Å². The number of benzene rings is 11. The van der Waals surface area contributed by atoms with E-state index in [1.807, 2.05) is 12.1 Å². The Labute approximate surface area is 347 Å². The Balaban J connectivity index is 1.04. The molecule has 0 spiro atoms. The van der Waals surface area contributed by atoms with Crippen LogP contribution in [-0.2, 0) is 0 Å². The Morgan fingerprint density at radius 1 is 0.267 bits per heavy atom. The van der Waals surface area contributed by atoms with Crippen LogP contribution in [0.15, 0.2) is 229 Å². The first-order valence-electron chi connectivity index (χ1n) is 20.6. The fraction of sp³-hybridized carbons (Fsp3) is 0. The number of hydrogen-bond acceptors (Lipinski definition) is 2. The SMILES string of the molecule is c1ccc(-c2ccc(N(c3ccc4cc(-c5cc6ccccc6c6ccccc56)ccc4c3)c3ccc4c(ccc5c6ccccc6oc45)c3)cc2-c2ccccc2)cc1. The summed E-state index contributed by atoms with van der Waals surface area (Å²) < 4.78 is 6.48. The van der Waals surface area contributed by atoms with Crippen LogP contribution in [-0.4, -0.2) is 0 Å². The van der Waals surface area contributed by atoms with Gasteiger partial charge in [0.05, 0.1) is 0 Å². The molecule has 0 aliphatic carbocycles. The molecule has 0 saturated carbocycles. The van der Waals surface area contributed by atoms with Gasteiger partial charge in [0.2, 0.25) is 0 Å². The molecule has 60 heavy (non-hydrogen) atoms. The number of anilines is 3. The molecule has 12 rings (SSSR count). The molecule has 2 nitrogen and oxygen atoms in total. The van der Waals surface area contributed by atoms with E-state index in [1.54, 1.807) is 0 Å². The van der Waals surface area contributed by atoms with E-state index in [-0.39, 0.29) is 0 Å². The first-order valence-corrected chi connectivity index (χ1v) is 20.6. The predicted molar refractivity (Wildman–Crippen MR) is 255 cm³/mol. The maximum Gasteiger partial charge on any atom is 0.143 e. The van der Waals surface area contributed by atoms with Gasteiger partial charge in [0.15, 0.2) is 0 Å². The molecular formula is C58H37NO. The van der Waals surface area contributed by atoms with Gasteiger partial charge in [-0.15, -0.1) is 0 Å². The summed E-state index contributed by atoms with van der Waals surface area (Å²) in [4.78, 5) is 2.40. The highest BCUT2D eigenvalue weighted by Gasteiger charge is 2.19. The van der Waals surface area contributed by atoms with E-state index in [9.17, 15) is 0 Å². The van der Waals surface area contributed by atoms with Crippen molar-refractivity contribution < 1.29 is 4.42 Å². The van der Waals surface area contributed by atoms with Crippen molar-refractivity contribution in [3.8, 4) is 33.4 Å². The zero-order valence-electron chi connectivity index (χ0n) is 32.7. The molecule has 280 valence electrons. The normalized spacial score (nSPS) is 11.7. The number of nitrogens with zero attached hydrogens (tertiary/aromatic N) is 1. The topological polar surface area (TPSA) is 16.4 Å². The van der Waals surface area contributed by atoms with Crippen molar-refractivity contribution in [2.75, 3.05) is 4.90 Å². The van der Waals surface area contributed by atoms with Gasteiger partial charge in [-0.1, -0.05) is 158 Å². The minimum atomic E-state index is 0.908. The molecular weight excluding hydrogens is 727 g/mol. The molecule has 1 aromatic heterocycles. The minimum Gasteiger partial charge on any atom is -0.455 e. The standard InChI is InChI=1S/C58H37NO/c1-3-13-38(14-4-1)49-31-28-47(37-56(49)39-15-5-2-6-16-39)59(46-29-32-50-44(35-46)26-30-54-53-21-11-12-22-57(53)60-58(50)54)45-27-25-40-33-43(24-23-41(40)34-45)55-36-42-17-7-8-18-48(42)51-19-9-10-20-52(51)55/h1-37H. The highest BCUT2D eigenvalue weighted by Crippen LogP contribution is 2.44. The van der Waals surface area contributed by atoms with Crippen LogP contribution < -0.4 is 4.90 Å². The van der Waals surface area contributed by atoms with Gasteiger partial charge < -0.3 is 9.32 Å². The van der Waals surface area contributed by atoms with E-state index >= 15 is 0 Å². The molecule has 2 heteroatoms. The van der Waals surface area contributed by atoms with E-state index in [1.165, 1.54) is 65.7 Å². The smallest absolute Gasteiger partial charge is 0.143 e. The van der Waals surface area contributed by atoms with E-state index in [0.717, 1.165) is 49.8 Å². The van der Waals surface area contributed by atoms with E-state index in [2.05, 4.69) is 217 Å². The lowest BCUT2D eigenvalue weighted by molar-refractivity contribution is 0.672. The fourth-order valence-electron chi connectivity index (χ4n) is 9.32. The average Bonchev–Trinajstić information content (AvgIpc) is 3.71. The zero-order chi connectivity index (χ0) is 39.6. The van der Waals surface area contributed by atoms with Crippen LogP contribution in [0.1, 0.15) is 0 Å². The van der Waals surface area contributed by atoms with Crippen molar-refractivity contribution in [1.82, 2.24) is 0 Å². The van der Waals surface area contributed by atoms with Gasteiger partial charge in [0, 0.05) is 33.2 Å². The Hall–Kier alpha value is -7.94. The van der Waals surface area contributed by atoms with Gasteiger partial charge >= 0.3 is 0 Å². The predicted octanol–water partition coefficient (Wildman–Crippen LogP) is 16.7. The second-order valence-corrected chi connectivity index (χ2v) is 15.7. The van der Waals surface area contributed by atoms with E-state index < -0.39 is 0 Å². The second-order valence-electron chi connectivity index (χ2n) is 15.7. The molecule has 0 atom stereocenters. The Kier molecular flexibility index (Phi) is 7.89. The maximum absolute atomic E-state index is 6.48. The molecule has 0 N–H and O–H groups in total. The van der Waals surface area contributed by atoms with Crippen molar-refractivity contribution >= 4 is 82.1 Å². The molecule has 0 radical (unpaired) electrons. The van der Waals surface area contributed by atoms with Crippen LogP contribution in [0.3, 0.4) is 0 Å². The van der Waals surface area contributed by atoms with Crippen molar-refractivity contribution in [3.05, 3.63) is 224 Å². The number of fused-ring (bicyclic) bond motifs is 9. The molecule has 0 fully saturated rings. The average molecular weight is 764 g/mol. The summed E-state index contributed by atoms with van der Waals surface area (Å²) >= 11 is 0. The summed E-state index contributed by atoms with van der Waals surface area (Å²) in [6.07, 6.45) is 0. The molecule has 1 heterocycles. The summed E-state index contributed by atoms with van der Waals surface area (Å²) in [6, 6.07) is 81.4. The summed E-state index contributed by atoms with van der Waals surface area (Å²) in [5.74, 6) is 0. The molecule has 0 unspecified atom stereocenters. The van der Waals surface area contributed by atoms with Crippen LogP contribution in [0.4, 0.5) is 17.1 Å². The summed E-state index contributed by atoms with van der Waals surface area (Å²) in [5, 5.41) is 12.0. The quantitative estimate of drug-likeness (QED) is 0.157. The van der Waals surface area contributed by atoms with Crippen molar-refractivity contribution in [1.29, 1.82) is 0 Å². The number of rotatable bonds is 6. The monoisotopic (exact) mass is 763 g/mol. The maximum atomic E-state index is 6.48. The molecule has 0 amide bonds. The first kappa shape index (κ1) is 34.1. The second kappa shape index (κ2) is 13.9. The largest absolute Gasteiger partial charge is 0.455 e. The van der Waals surface area contributed by atoms with Crippen LogP contribution in [0, 0.1) is 0 Å². The minimum absolute atomic E-state index is 0.908. The molecule has 0 saturated heterocycles. The number of para-hydroxylation sites is 1. The lowest BCUT2D eigenvalue weighted by atomic mass is 9.92. The lowest BCUT2D eigenvalue weighted by Crippen LogP contribution is -2.10. The first-order chi connectivity index (χ1) is 29.7. The van der Waals surface area contributed by atoms with Gasteiger partial charge in [-0.05, 0) is 138 Å². The highest BCUT2D eigenvalue weighted by molar-refractivity contribution is 6.16. The summed E-state index contributed by atoms with van der Waals surface area (Å²) in [6.45, 7) is 0. The third-order valence-corrected chi connectivity index (χ3v) is 12.2. The van der Waals surface area contributed by atoms with Gasteiger partial charge in [-0.2, -0.15) is 0 Å².